The fraction of sp³-hybridized carbons (Fsp3) is 0.667. The van der Waals surface area contributed by atoms with Gasteiger partial charge in [0, 0.05) is 0 Å². The van der Waals surface area contributed by atoms with E-state index in [0.29, 0.717) is 11.3 Å². The summed E-state index contributed by atoms with van der Waals surface area (Å²) in [5.41, 5.74) is -0.753. The van der Waals surface area contributed by atoms with E-state index in [4.69, 9.17) is 0 Å². The maximum absolute atomic E-state index is 11.3. The molecule has 3 nitrogen and oxygen atoms in total. The van der Waals surface area contributed by atoms with Crippen LogP contribution in [0.25, 0.3) is 0 Å². The van der Waals surface area contributed by atoms with Gasteiger partial charge in [-0.1, -0.05) is 33.6 Å². The zero-order valence-electron chi connectivity index (χ0n) is 11.8. The summed E-state index contributed by atoms with van der Waals surface area (Å²) in [5.74, 6) is -0.839. The van der Waals surface area contributed by atoms with Crippen molar-refractivity contribution in [3.63, 3.8) is 0 Å². The summed E-state index contributed by atoms with van der Waals surface area (Å²) in [7, 11) is 0. The number of rotatable bonds is 2. The van der Waals surface area contributed by atoms with Crippen LogP contribution in [-0.4, -0.2) is 16.2 Å². The molecule has 106 valence electrons. The van der Waals surface area contributed by atoms with Crippen molar-refractivity contribution < 1.29 is 15.0 Å². The third-order valence-corrected chi connectivity index (χ3v) is 5.29. The lowest BCUT2D eigenvalue weighted by Crippen LogP contribution is -2.44. The highest BCUT2D eigenvalue weighted by molar-refractivity contribution is 7.10. The highest BCUT2D eigenvalue weighted by Crippen LogP contribution is 2.51. The van der Waals surface area contributed by atoms with Crippen LogP contribution in [0.1, 0.15) is 61.7 Å². The molecule has 1 aromatic rings. The molecule has 0 bridgehead atoms. The zero-order chi connectivity index (χ0) is 14.3. The van der Waals surface area contributed by atoms with Gasteiger partial charge in [0.25, 0.3) is 0 Å². The van der Waals surface area contributed by atoms with Crippen LogP contribution in [0.15, 0.2) is 11.4 Å². The van der Waals surface area contributed by atoms with E-state index in [2.05, 4.69) is 20.8 Å². The van der Waals surface area contributed by atoms with Crippen LogP contribution in [0.4, 0.5) is 0 Å². The Balaban J connectivity index is 2.48. The van der Waals surface area contributed by atoms with Crippen molar-refractivity contribution in [2.75, 3.05) is 0 Å². The maximum Gasteiger partial charge on any atom is 0.336 e. The third-order valence-electron chi connectivity index (χ3n) is 4.21. The van der Waals surface area contributed by atoms with Gasteiger partial charge in [-0.2, -0.15) is 0 Å². The topological polar surface area (TPSA) is 57.5 Å². The van der Waals surface area contributed by atoms with E-state index in [1.807, 2.05) is 0 Å². The second-order valence-corrected chi connectivity index (χ2v) is 7.47. The fourth-order valence-electron chi connectivity index (χ4n) is 3.39. The SMILES string of the molecule is CC(C)(C)C1CCCCC1(O)c1sccc1C(=O)O. The number of carboxylic acid groups (broad SMARTS) is 1. The Morgan fingerprint density at radius 2 is 2.11 bits per heavy atom. The summed E-state index contributed by atoms with van der Waals surface area (Å²) < 4.78 is 0. The van der Waals surface area contributed by atoms with Gasteiger partial charge in [-0.3, -0.25) is 0 Å². The predicted octanol–water partition coefficient (Wildman–Crippen LogP) is 3.87. The molecule has 2 atom stereocenters. The molecule has 1 heterocycles. The van der Waals surface area contributed by atoms with E-state index >= 15 is 0 Å². The van der Waals surface area contributed by atoms with Gasteiger partial charge in [-0.25, -0.2) is 4.79 Å². The summed E-state index contributed by atoms with van der Waals surface area (Å²) in [6.45, 7) is 6.38. The standard InChI is InChI=1S/C15H22O3S/c1-14(2,3)11-6-4-5-8-15(11,18)12-10(13(16)17)7-9-19-12/h7,9,11,18H,4-6,8H2,1-3H3,(H,16,17). The van der Waals surface area contributed by atoms with E-state index in [1.54, 1.807) is 11.4 Å². The largest absolute Gasteiger partial charge is 0.478 e. The molecule has 1 saturated carbocycles. The van der Waals surface area contributed by atoms with Crippen LogP contribution in [0.5, 0.6) is 0 Å². The van der Waals surface area contributed by atoms with Crippen LogP contribution < -0.4 is 0 Å². The van der Waals surface area contributed by atoms with Crippen molar-refractivity contribution in [1.82, 2.24) is 0 Å². The average molecular weight is 282 g/mol. The number of hydrogen-bond donors (Lipinski definition) is 2. The number of thiophene rings is 1. The first-order valence-corrected chi connectivity index (χ1v) is 7.68. The molecule has 4 heteroatoms. The molecule has 1 fully saturated rings. The highest BCUT2D eigenvalue weighted by Gasteiger charge is 2.48. The number of aromatic carboxylic acids is 1. The van der Waals surface area contributed by atoms with Crippen molar-refractivity contribution in [3.8, 4) is 0 Å². The number of carbonyl (C=O) groups is 1. The summed E-state index contributed by atoms with van der Waals surface area (Å²) in [4.78, 5) is 12.0. The molecule has 2 N–H and O–H groups in total. The van der Waals surface area contributed by atoms with Gasteiger partial charge in [0.05, 0.1) is 10.4 Å². The predicted molar refractivity (Wildman–Crippen MR) is 76.6 cm³/mol. The van der Waals surface area contributed by atoms with Crippen LogP contribution in [0.2, 0.25) is 0 Å². The van der Waals surface area contributed by atoms with E-state index in [1.165, 1.54) is 11.3 Å². The molecule has 0 aliphatic heterocycles. The lowest BCUT2D eigenvalue weighted by molar-refractivity contribution is -0.0937. The zero-order valence-corrected chi connectivity index (χ0v) is 12.6. The molecule has 2 rings (SSSR count). The van der Waals surface area contributed by atoms with Crippen molar-refractivity contribution in [2.24, 2.45) is 11.3 Å². The number of carboxylic acids is 1. The quantitative estimate of drug-likeness (QED) is 0.865. The first-order valence-electron chi connectivity index (χ1n) is 6.80. The normalized spacial score (nSPS) is 28.3. The maximum atomic E-state index is 11.3. The van der Waals surface area contributed by atoms with E-state index in [-0.39, 0.29) is 16.9 Å². The van der Waals surface area contributed by atoms with Crippen molar-refractivity contribution in [2.45, 2.75) is 52.1 Å². The monoisotopic (exact) mass is 282 g/mol. The second-order valence-electron chi connectivity index (χ2n) is 6.56. The molecule has 1 aliphatic rings. The van der Waals surface area contributed by atoms with Crippen LogP contribution >= 0.6 is 11.3 Å². The Labute approximate surface area is 118 Å². The molecule has 1 aromatic heterocycles. The number of hydrogen-bond acceptors (Lipinski definition) is 3. The molecule has 19 heavy (non-hydrogen) atoms. The van der Waals surface area contributed by atoms with E-state index in [9.17, 15) is 15.0 Å². The molecule has 2 unspecified atom stereocenters. The van der Waals surface area contributed by atoms with Gasteiger partial charge in [-0.15, -0.1) is 11.3 Å². The summed E-state index contributed by atoms with van der Waals surface area (Å²) in [6, 6.07) is 1.61. The Morgan fingerprint density at radius 1 is 1.42 bits per heavy atom. The first-order chi connectivity index (χ1) is 8.77. The molecular formula is C15H22O3S. The lowest BCUT2D eigenvalue weighted by atomic mass is 9.63. The summed E-state index contributed by atoms with van der Waals surface area (Å²) in [5, 5.41) is 22.3. The average Bonchev–Trinajstić information content (AvgIpc) is 2.77. The van der Waals surface area contributed by atoms with Crippen molar-refractivity contribution in [1.29, 1.82) is 0 Å². The molecule has 0 amide bonds. The molecule has 0 spiro atoms. The molecule has 0 aromatic carbocycles. The molecule has 1 aliphatic carbocycles. The van der Waals surface area contributed by atoms with Gasteiger partial charge in [0.1, 0.15) is 5.60 Å². The van der Waals surface area contributed by atoms with Gasteiger partial charge in [0.15, 0.2) is 0 Å². The van der Waals surface area contributed by atoms with Gasteiger partial charge in [-0.05, 0) is 35.6 Å². The Bertz CT molecular complexity index is 472. The van der Waals surface area contributed by atoms with Crippen molar-refractivity contribution >= 4 is 17.3 Å². The van der Waals surface area contributed by atoms with Crippen LogP contribution in [0.3, 0.4) is 0 Å². The third kappa shape index (κ3) is 2.56. The van der Waals surface area contributed by atoms with Gasteiger partial charge < -0.3 is 10.2 Å². The van der Waals surface area contributed by atoms with E-state index in [0.717, 1.165) is 19.3 Å². The smallest absolute Gasteiger partial charge is 0.336 e. The minimum absolute atomic E-state index is 0.0328. The lowest BCUT2D eigenvalue weighted by Gasteiger charge is -2.46. The Morgan fingerprint density at radius 3 is 2.68 bits per heavy atom. The van der Waals surface area contributed by atoms with Crippen molar-refractivity contribution in [3.05, 3.63) is 21.9 Å². The molecule has 0 radical (unpaired) electrons. The van der Waals surface area contributed by atoms with Gasteiger partial charge >= 0.3 is 5.97 Å². The Hall–Kier alpha value is -0.870. The van der Waals surface area contributed by atoms with Gasteiger partial charge in [0.2, 0.25) is 0 Å². The molecular weight excluding hydrogens is 260 g/mol. The highest BCUT2D eigenvalue weighted by atomic mass is 32.1. The number of aliphatic hydroxyl groups is 1. The Kier molecular flexibility index (Phi) is 3.76. The minimum Gasteiger partial charge on any atom is -0.478 e. The summed E-state index contributed by atoms with van der Waals surface area (Å²) in [6.07, 6.45) is 3.69. The van der Waals surface area contributed by atoms with E-state index < -0.39 is 11.6 Å². The summed E-state index contributed by atoms with van der Waals surface area (Å²) >= 11 is 1.37. The minimum atomic E-state index is -0.988. The fourth-order valence-corrected chi connectivity index (χ4v) is 4.46. The second kappa shape index (κ2) is 4.91. The van der Waals surface area contributed by atoms with Crippen LogP contribution in [0, 0.1) is 11.3 Å². The molecule has 0 saturated heterocycles. The van der Waals surface area contributed by atoms with Crippen LogP contribution in [-0.2, 0) is 5.60 Å². The first kappa shape index (κ1) is 14.5.